The first kappa shape index (κ1) is 14.3. The number of nitrogens with zero attached hydrogens (tertiary/aromatic N) is 3. The second kappa shape index (κ2) is 5.65. The van der Waals surface area contributed by atoms with Crippen LogP contribution in [-0.4, -0.2) is 29.6 Å². The van der Waals surface area contributed by atoms with Crippen LogP contribution in [0.5, 0.6) is 0 Å². The predicted molar refractivity (Wildman–Crippen MR) is 83.8 cm³/mol. The molecule has 0 bridgehead atoms. The molecule has 0 amide bonds. The van der Waals surface area contributed by atoms with Gasteiger partial charge in [0, 0.05) is 29.8 Å². The van der Waals surface area contributed by atoms with Gasteiger partial charge in [0.25, 0.3) is 0 Å². The van der Waals surface area contributed by atoms with E-state index < -0.39 is 9.84 Å². The molecule has 5 nitrogen and oxygen atoms in total. The Balaban J connectivity index is 2.24. The quantitative estimate of drug-likeness (QED) is 0.695. The van der Waals surface area contributed by atoms with Crippen LogP contribution in [0.2, 0.25) is 0 Å². The van der Waals surface area contributed by atoms with Crippen LogP contribution in [0.15, 0.2) is 66.1 Å². The number of hydrogen-bond acceptors (Lipinski definition) is 5. The van der Waals surface area contributed by atoms with Gasteiger partial charge in [-0.3, -0.25) is 4.98 Å². The summed E-state index contributed by atoms with van der Waals surface area (Å²) in [5.41, 5.74) is 2.75. The van der Waals surface area contributed by atoms with Crippen LogP contribution in [0.1, 0.15) is 0 Å². The Kier molecular flexibility index (Phi) is 3.68. The summed E-state index contributed by atoms with van der Waals surface area (Å²) in [7, 11) is -3.50. The van der Waals surface area contributed by atoms with E-state index in [1.807, 2.05) is 30.3 Å². The normalized spacial score (nSPS) is 11.3. The molecule has 0 saturated heterocycles. The molecule has 0 saturated carbocycles. The van der Waals surface area contributed by atoms with E-state index in [1.165, 1.54) is 0 Å². The van der Waals surface area contributed by atoms with Gasteiger partial charge in [0.2, 0.25) is 15.0 Å². The number of rotatable bonds is 3. The third-order valence-corrected chi connectivity index (χ3v) is 3.93. The summed E-state index contributed by atoms with van der Waals surface area (Å²) in [5, 5.41) is -0.180. The highest BCUT2D eigenvalue weighted by Crippen LogP contribution is 2.24. The monoisotopic (exact) mass is 311 g/mol. The van der Waals surface area contributed by atoms with Crippen molar-refractivity contribution in [1.82, 2.24) is 15.0 Å². The molecule has 3 rings (SSSR count). The zero-order valence-electron chi connectivity index (χ0n) is 11.8. The predicted octanol–water partition coefficient (Wildman–Crippen LogP) is 2.61. The number of benzene rings is 1. The number of pyridine rings is 1. The van der Waals surface area contributed by atoms with E-state index in [4.69, 9.17) is 0 Å². The maximum absolute atomic E-state index is 11.9. The minimum atomic E-state index is -3.50. The third kappa shape index (κ3) is 3.01. The molecule has 0 aliphatic rings. The lowest BCUT2D eigenvalue weighted by atomic mass is 10.1. The van der Waals surface area contributed by atoms with E-state index in [0.717, 1.165) is 17.4 Å². The second-order valence-electron chi connectivity index (χ2n) is 4.80. The molecule has 0 unspecified atom stereocenters. The summed E-state index contributed by atoms with van der Waals surface area (Å²) in [5.74, 6) is 0. The van der Waals surface area contributed by atoms with Crippen LogP contribution in [0.25, 0.3) is 22.5 Å². The Hall–Kier alpha value is -2.60. The zero-order chi connectivity index (χ0) is 15.6. The van der Waals surface area contributed by atoms with Gasteiger partial charge in [0.05, 0.1) is 11.4 Å². The van der Waals surface area contributed by atoms with Crippen molar-refractivity contribution in [3.05, 3.63) is 60.9 Å². The molecule has 6 heteroatoms. The lowest BCUT2D eigenvalue weighted by molar-refractivity contribution is 0.593. The highest BCUT2D eigenvalue weighted by Gasteiger charge is 2.15. The van der Waals surface area contributed by atoms with Crippen molar-refractivity contribution in [2.45, 2.75) is 5.16 Å². The molecule has 2 aromatic heterocycles. The molecule has 0 aliphatic carbocycles. The van der Waals surface area contributed by atoms with Crippen molar-refractivity contribution in [2.24, 2.45) is 0 Å². The minimum Gasteiger partial charge on any atom is -0.265 e. The van der Waals surface area contributed by atoms with Crippen LogP contribution in [-0.2, 0) is 9.84 Å². The van der Waals surface area contributed by atoms with Crippen LogP contribution in [0.3, 0.4) is 0 Å². The first-order chi connectivity index (χ1) is 10.5. The van der Waals surface area contributed by atoms with E-state index in [9.17, 15) is 8.42 Å². The molecule has 0 radical (unpaired) electrons. The van der Waals surface area contributed by atoms with Gasteiger partial charge in [0.1, 0.15) is 0 Å². The van der Waals surface area contributed by atoms with Gasteiger partial charge in [-0.05, 0) is 18.2 Å². The second-order valence-corrected chi connectivity index (χ2v) is 6.70. The number of aromatic nitrogens is 3. The Labute approximate surface area is 128 Å². The van der Waals surface area contributed by atoms with Gasteiger partial charge in [-0.15, -0.1) is 0 Å². The van der Waals surface area contributed by atoms with E-state index >= 15 is 0 Å². The summed E-state index contributed by atoms with van der Waals surface area (Å²) in [6.45, 7) is 0. The lowest BCUT2D eigenvalue weighted by Gasteiger charge is -2.07. The summed E-state index contributed by atoms with van der Waals surface area (Å²) in [4.78, 5) is 12.3. The van der Waals surface area contributed by atoms with Gasteiger partial charge in [0.15, 0.2) is 0 Å². The molecule has 0 fully saturated rings. The van der Waals surface area contributed by atoms with Crippen LogP contribution < -0.4 is 0 Å². The van der Waals surface area contributed by atoms with E-state index in [2.05, 4.69) is 15.0 Å². The Bertz CT molecular complexity index is 837. The molecule has 110 valence electrons. The van der Waals surface area contributed by atoms with Crippen molar-refractivity contribution in [3.63, 3.8) is 0 Å². The van der Waals surface area contributed by atoms with Crippen molar-refractivity contribution in [1.29, 1.82) is 0 Å². The van der Waals surface area contributed by atoms with Gasteiger partial charge in [-0.25, -0.2) is 18.4 Å². The molecular weight excluding hydrogens is 298 g/mol. The summed E-state index contributed by atoms with van der Waals surface area (Å²) in [6.07, 6.45) is 4.38. The van der Waals surface area contributed by atoms with E-state index in [-0.39, 0.29) is 5.16 Å². The summed E-state index contributed by atoms with van der Waals surface area (Å²) < 4.78 is 23.7. The summed E-state index contributed by atoms with van der Waals surface area (Å²) in [6, 6.07) is 14.8. The van der Waals surface area contributed by atoms with Crippen molar-refractivity contribution >= 4 is 9.84 Å². The van der Waals surface area contributed by atoms with Crippen LogP contribution in [0.4, 0.5) is 0 Å². The fraction of sp³-hybridized carbons (Fsp3) is 0.0625. The first-order valence-corrected chi connectivity index (χ1v) is 8.48. The fourth-order valence-corrected chi connectivity index (χ4v) is 2.55. The largest absolute Gasteiger partial charge is 0.265 e. The van der Waals surface area contributed by atoms with E-state index in [0.29, 0.717) is 11.4 Å². The SMILES string of the molecule is CS(=O)(=O)c1nc(-c2ccccc2)cc(-c2ccncc2)n1. The molecule has 0 atom stereocenters. The average molecular weight is 311 g/mol. The van der Waals surface area contributed by atoms with Crippen molar-refractivity contribution in [2.75, 3.05) is 6.26 Å². The molecule has 22 heavy (non-hydrogen) atoms. The third-order valence-electron chi connectivity index (χ3n) is 3.08. The highest BCUT2D eigenvalue weighted by atomic mass is 32.2. The topological polar surface area (TPSA) is 72.8 Å². The van der Waals surface area contributed by atoms with Crippen molar-refractivity contribution in [3.8, 4) is 22.5 Å². The number of sulfone groups is 1. The first-order valence-electron chi connectivity index (χ1n) is 6.59. The van der Waals surface area contributed by atoms with E-state index in [1.54, 1.807) is 30.6 Å². The van der Waals surface area contributed by atoms with Crippen molar-refractivity contribution < 1.29 is 8.42 Å². The molecule has 1 aromatic carbocycles. The number of hydrogen-bond donors (Lipinski definition) is 0. The maximum Gasteiger partial charge on any atom is 0.247 e. The smallest absolute Gasteiger partial charge is 0.247 e. The summed E-state index contributed by atoms with van der Waals surface area (Å²) >= 11 is 0. The lowest BCUT2D eigenvalue weighted by Crippen LogP contribution is -2.06. The van der Waals surface area contributed by atoms with Gasteiger partial charge in [-0.2, -0.15) is 0 Å². The van der Waals surface area contributed by atoms with Gasteiger partial charge < -0.3 is 0 Å². The minimum absolute atomic E-state index is 0.180. The Morgan fingerprint density at radius 1 is 0.818 bits per heavy atom. The molecule has 0 spiro atoms. The van der Waals surface area contributed by atoms with Gasteiger partial charge >= 0.3 is 0 Å². The highest BCUT2D eigenvalue weighted by molar-refractivity contribution is 7.90. The van der Waals surface area contributed by atoms with Gasteiger partial charge in [-0.1, -0.05) is 30.3 Å². The maximum atomic E-state index is 11.9. The standard InChI is InChI=1S/C16H13N3O2S/c1-22(20,21)16-18-14(12-5-3-2-4-6-12)11-15(19-16)13-7-9-17-10-8-13/h2-11H,1H3. The molecule has 2 heterocycles. The average Bonchev–Trinajstić information content (AvgIpc) is 2.55. The molecular formula is C16H13N3O2S. The fourth-order valence-electron chi connectivity index (χ4n) is 2.02. The zero-order valence-corrected chi connectivity index (χ0v) is 12.7. The van der Waals surface area contributed by atoms with Crippen LogP contribution >= 0.6 is 0 Å². The molecule has 3 aromatic rings. The molecule has 0 aliphatic heterocycles. The Morgan fingerprint density at radius 3 is 1.91 bits per heavy atom. The van der Waals surface area contributed by atoms with Crippen LogP contribution in [0, 0.1) is 0 Å². The Morgan fingerprint density at radius 2 is 1.36 bits per heavy atom. The molecule has 0 N–H and O–H groups in total.